The van der Waals surface area contributed by atoms with Crippen molar-refractivity contribution in [3.8, 4) is 11.5 Å². The van der Waals surface area contributed by atoms with Gasteiger partial charge in [-0.3, -0.25) is 4.79 Å². The van der Waals surface area contributed by atoms with Crippen molar-refractivity contribution in [1.29, 1.82) is 0 Å². The van der Waals surface area contributed by atoms with Gasteiger partial charge in [0, 0.05) is 11.8 Å². The molecule has 1 aromatic carbocycles. The largest absolute Gasteiger partial charge is 0.489 e. The standard InChI is InChI=1S/C15H17ClO4/c16-11-6-10(2-1-3-13(17)18)7-12-14(11)20-9-15(4-5-15)8-19-12/h6-7H,1-5,8-9H2,(H,17,18). The number of hydrogen-bond donors (Lipinski definition) is 1. The summed E-state index contributed by atoms with van der Waals surface area (Å²) in [5.74, 6) is 0.533. The third kappa shape index (κ3) is 2.85. The van der Waals surface area contributed by atoms with Crippen molar-refractivity contribution in [3.63, 3.8) is 0 Å². The van der Waals surface area contributed by atoms with E-state index < -0.39 is 5.97 Å². The molecule has 0 atom stereocenters. The molecule has 0 saturated heterocycles. The molecule has 108 valence electrons. The van der Waals surface area contributed by atoms with Gasteiger partial charge < -0.3 is 14.6 Å². The number of carbonyl (C=O) groups is 1. The Hall–Kier alpha value is -1.42. The molecule has 2 aliphatic rings. The minimum absolute atomic E-state index is 0.162. The molecule has 20 heavy (non-hydrogen) atoms. The van der Waals surface area contributed by atoms with Crippen LogP contribution < -0.4 is 9.47 Å². The summed E-state index contributed by atoms with van der Waals surface area (Å²) in [5.41, 5.74) is 1.18. The summed E-state index contributed by atoms with van der Waals surface area (Å²) < 4.78 is 11.7. The van der Waals surface area contributed by atoms with Crippen LogP contribution in [0.5, 0.6) is 11.5 Å². The minimum atomic E-state index is -0.777. The Kier molecular flexibility index (Phi) is 3.50. The lowest BCUT2D eigenvalue weighted by Crippen LogP contribution is -2.17. The van der Waals surface area contributed by atoms with Gasteiger partial charge in [-0.2, -0.15) is 0 Å². The second kappa shape index (κ2) is 5.17. The van der Waals surface area contributed by atoms with Gasteiger partial charge in [-0.25, -0.2) is 0 Å². The second-order valence-corrected chi connectivity index (χ2v) is 6.14. The fraction of sp³-hybridized carbons (Fsp3) is 0.533. The normalized spacial score (nSPS) is 18.6. The Morgan fingerprint density at radius 3 is 2.75 bits per heavy atom. The number of carboxylic acid groups (broad SMARTS) is 1. The van der Waals surface area contributed by atoms with Gasteiger partial charge in [0.25, 0.3) is 0 Å². The molecule has 1 fully saturated rings. The Balaban J connectivity index is 1.74. The van der Waals surface area contributed by atoms with E-state index >= 15 is 0 Å². The molecular weight excluding hydrogens is 280 g/mol. The molecule has 0 amide bonds. The first-order valence-electron chi connectivity index (χ1n) is 6.88. The molecular formula is C15H17ClO4. The lowest BCUT2D eigenvalue weighted by atomic mass is 10.1. The fourth-order valence-electron chi connectivity index (χ4n) is 2.42. The number of ether oxygens (including phenoxy) is 2. The molecule has 0 radical (unpaired) electrons. The SMILES string of the molecule is O=C(O)CCCc1cc(Cl)c2c(c1)OCC1(CC1)CO2. The van der Waals surface area contributed by atoms with Gasteiger partial charge >= 0.3 is 5.97 Å². The highest BCUT2D eigenvalue weighted by Crippen LogP contribution is 2.50. The first-order chi connectivity index (χ1) is 9.58. The topological polar surface area (TPSA) is 55.8 Å². The summed E-state index contributed by atoms with van der Waals surface area (Å²) in [5, 5.41) is 9.22. The molecule has 1 aliphatic carbocycles. The first kappa shape index (κ1) is 13.6. The lowest BCUT2D eigenvalue weighted by Gasteiger charge is -2.11. The van der Waals surface area contributed by atoms with Crippen molar-refractivity contribution >= 4 is 17.6 Å². The van der Waals surface area contributed by atoms with E-state index in [0.29, 0.717) is 42.6 Å². The van der Waals surface area contributed by atoms with Crippen molar-refractivity contribution in [2.45, 2.75) is 32.1 Å². The number of carboxylic acids is 1. The van der Waals surface area contributed by atoms with Crippen LogP contribution in [-0.2, 0) is 11.2 Å². The van der Waals surface area contributed by atoms with Crippen LogP contribution in [0.25, 0.3) is 0 Å². The molecule has 0 aromatic heterocycles. The quantitative estimate of drug-likeness (QED) is 0.926. The summed E-state index contributed by atoms with van der Waals surface area (Å²) in [6.45, 7) is 1.34. The molecule has 0 bridgehead atoms. The Bertz CT molecular complexity index is 537. The third-order valence-corrected chi connectivity index (χ3v) is 4.22. The van der Waals surface area contributed by atoms with Gasteiger partial charge in [0.05, 0.1) is 18.2 Å². The fourth-order valence-corrected chi connectivity index (χ4v) is 2.71. The predicted octanol–water partition coefficient (Wildman–Crippen LogP) is 3.30. The molecule has 1 spiro atoms. The second-order valence-electron chi connectivity index (χ2n) is 5.73. The van der Waals surface area contributed by atoms with E-state index in [1.54, 1.807) is 0 Å². The molecule has 3 rings (SSSR count). The number of fused-ring (bicyclic) bond motifs is 1. The monoisotopic (exact) mass is 296 g/mol. The summed E-state index contributed by atoms with van der Waals surface area (Å²) >= 11 is 6.25. The van der Waals surface area contributed by atoms with Crippen molar-refractivity contribution in [2.24, 2.45) is 5.41 Å². The maximum Gasteiger partial charge on any atom is 0.303 e. The van der Waals surface area contributed by atoms with Gasteiger partial charge in [0.15, 0.2) is 11.5 Å². The van der Waals surface area contributed by atoms with Crippen molar-refractivity contribution < 1.29 is 19.4 Å². The van der Waals surface area contributed by atoms with Crippen molar-refractivity contribution in [3.05, 3.63) is 22.7 Å². The molecule has 4 nitrogen and oxygen atoms in total. The molecule has 1 N–H and O–H groups in total. The minimum Gasteiger partial charge on any atom is -0.489 e. The molecule has 0 unspecified atom stereocenters. The van der Waals surface area contributed by atoms with Crippen molar-refractivity contribution in [1.82, 2.24) is 0 Å². The predicted molar refractivity (Wildman–Crippen MR) is 74.7 cm³/mol. The van der Waals surface area contributed by atoms with E-state index in [4.69, 9.17) is 26.2 Å². The number of hydrogen-bond acceptors (Lipinski definition) is 3. The first-order valence-corrected chi connectivity index (χ1v) is 7.26. The molecule has 1 aromatic rings. The zero-order chi connectivity index (χ0) is 14.2. The van der Waals surface area contributed by atoms with E-state index in [0.717, 1.165) is 18.4 Å². The van der Waals surface area contributed by atoms with Gasteiger partial charge in [-0.05, 0) is 43.4 Å². The van der Waals surface area contributed by atoms with E-state index in [-0.39, 0.29) is 11.8 Å². The number of rotatable bonds is 4. The van der Waals surface area contributed by atoms with E-state index in [2.05, 4.69) is 0 Å². The maximum absolute atomic E-state index is 10.5. The zero-order valence-electron chi connectivity index (χ0n) is 11.2. The Labute approximate surface area is 122 Å². The van der Waals surface area contributed by atoms with Crippen LogP contribution in [-0.4, -0.2) is 24.3 Å². The summed E-state index contributed by atoms with van der Waals surface area (Å²) in [7, 11) is 0. The Morgan fingerprint density at radius 1 is 1.30 bits per heavy atom. The number of halogens is 1. The summed E-state index contributed by atoms with van der Waals surface area (Å²) in [6.07, 6.45) is 3.71. The van der Waals surface area contributed by atoms with E-state index in [1.807, 2.05) is 12.1 Å². The zero-order valence-corrected chi connectivity index (χ0v) is 11.9. The van der Waals surface area contributed by atoms with Gasteiger partial charge in [0.2, 0.25) is 0 Å². The van der Waals surface area contributed by atoms with Crippen LogP contribution in [0.15, 0.2) is 12.1 Å². The summed E-state index contributed by atoms with van der Waals surface area (Å²) in [6, 6.07) is 3.76. The summed E-state index contributed by atoms with van der Waals surface area (Å²) in [4.78, 5) is 10.5. The van der Waals surface area contributed by atoms with Gasteiger partial charge in [-0.15, -0.1) is 0 Å². The van der Waals surface area contributed by atoms with Crippen LogP contribution in [0.2, 0.25) is 5.02 Å². The highest BCUT2D eigenvalue weighted by Gasteiger charge is 2.46. The average molecular weight is 297 g/mol. The smallest absolute Gasteiger partial charge is 0.303 e. The maximum atomic E-state index is 10.5. The van der Waals surface area contributed by atoms with E-state index in [1.165, 1.54) is 0 Å². The van der Waals surface area contributed by atoms with Crippen LogP contribution in [0.4, 0.5) is 0 Å². The lowest BCUT2D eigenvalue weighted by molar-refractivity contribution is -0.137. The third-order valence-electron chi connectivity index (χ3n) is 3.94. The van der Waals surface area contributed by atoms with Crippen LogP contribution in [0.3, 0.4) is 0 Å². The highest BCUT2D eigenvalue weighted by atomic mass is 35.5. The molecule has 5 heteroatoms. The molecule has 1 saturated carbocycles. The number of benzene rings is 1. The van der Waals surface area contributed by atoms with Gasteiger partial charge in [-0.1, -0.05) is 11.6 Å². The molecule has 1 aliphatic heterocycles. The van der Waals surface area contributed by atoms with Crippen molar-refractivity contribution in [2.75, 3.05) is 13.2 Å². The van der Waals surface area contributed by atoms with Crippen LogP contribution in [0.1, 0.15) is 31.2 Å². The number of aliphatic carboxylic acids is 1. The number of aryl methyl sites for hydroxylation is 1. The van der Waals surface area contributed by atoms with Crippen LogP contribution in [0, 0.1) is 5.41 Å². The van der Waals surface area contributed by atoms with E-state index in [9.17, 15) is 4.79 Å². The van der Waals surface area contributed by atoms with Crippen LogP contribution >= 0.6 is 11.6 Å². The highest BCUT2D eigenvalue weighted by molar-refractivity contribution is 6.32. The average Bonchev–Trinajstić information content (AvgIpc) is 3.17. The van der Waals surface area contributed by atoms with Gasteiger partial charge in [0.1, 0.15) is 0 Å². The molecule has 1 heterocycles. The Morgan fingerprint density at radius 2 is 2.05 bits per heavy atom.